The Labute approximate surface area is 64.8 Å². The fraction of sp³-hybridized carbons (Fsp3) is 0.222. The van der Waals surface area contributed by atoms with E-state index in [1.807, 2.05) is 31.2 Å². The highest BCUT2D eigenvalue weighted by molar-refractivity contribution is 5.18. The fourth-order valence-corrected chi connectivity index (χ4v) is 1.10. The minimum absolute atomic E-state index is 0.0371. The molecule has 1 unspecified atom stereocenters. The molecule has 2 rings (SSSR count). The van der Waals surface area contributed by atoms with Gasteiger partial charge in [0.15, 0.2) is 6.23 Å². The Morgan fingerprint density at radius 2 is 2.18 bits per heavy atom. The minimum Gasteiger partial charge on any atom is -0.476 e. The monoisotopic (exact) mass is 147 g/mol. The van der Waals surface area contributed by atoms with Gasteiger partial charge in [0.05, 0.1) is 11.6 Å². The van der Waals surface area contributed by atoms with Crippen molar-refractivity contribution < 1.29 is 4.74 Å². The number of ether oxygens (including phenoxy) is 1. The maximum Gasteiger partial charge on any atom is 0.186 e. The van der Waals surface area contributed by atoms with E-state index in [0.717, 1.165) is 10.6 Å². The first-order chi connectivity index (χ1) is 5.36. The van der Waals surface area contributed by atoms with Crippen molar-refractivity contribution in [3.63, 3.8) is 0 Å². The predicted octanol–water partition coefficient (Wildman–Crippen LogP) is 0.420. The molecule has 0 N–H and O–H groups in total. The quantitative estimate of drug-likeness (QED) is 0.521. The van der Waals surface area contributed by atoms with Crippen molar-refractivity contribution in [1.29, 1.82) is 0 Å². The van der Waals surface area contributed by atoms with Gasteiger partial charge in [-0.2, -0.15) is 0 Å². The smallest absolute Gasteiger partial charge is 0.186 e. The summed E-state index contributed by atoms with van der Waals surface area (Å²) >= 11 is 0. The van der Waals surface area contributed by atoms with Crippen LogP contribution in [-0.2, 0) is 4.74 Å². The molecule has 0 fully saturated rings. The lowest BCUT2D eigenvalue weighted by molar-refractivity contribution is 0.198. The van der Waals surface area contributed by atoms with Gasteiger partial charge in [0.25, 0.3) is 0 Å². The molecule has 0 bridgehead atoms. The highest BCUT2D eigenvalue weighted by Crippen LogP contribution is 1.93. The van der Waals surface area contributed by atoms with Crippen LogP contribution in [0.5, 0.6) is 0 Å². The second kappa shape index (κ2) is 2.38. The van der Waals surface area contributed by atoms with E-state index in [4.69, 9.17) is 4.74 Å². The van der Waals surface area contributed by atoms with Gasteiger partial charge in [0.1, 0.15) is 0 Å². The lowest BCUT2D eigenvalue weighted by Crippen LogP contribution is -2.30. The Morgan fingerprint density at radius 3 is 3.09 bits per heavy atom. The predicted molar refractivity (Wildman–Crippen MR) is 42.2 cm³/mol. The molecule has 1 aromatic rings. The summed E-state index contributed by atoms with van der Waals surface area (Å²) in [5.41, 5.74) is 0. The standard InChI is InChI=1S/C9H9NO/c1-7-10-9-5-3-2-4-8(9)6-11-7/h2-7H,1H3. The van der Waals surface area contributed by atoms with E-state index in [9.17, 15) is 0 Å². The molecule has 0 aromatic heterocycles. The van der Waals surface area contributed by atoms with Crippen LogP contribution in [0.1, 0.15) is 6.92 Å². The molecule has 1 aliphatic rings. The van der Waals surface area contributed by atoms with Crippen molar-refractivity contribution in [3.8, 4) is 0 Å². The molecule has 0 saturated carbocycles. The molecule has 1 aromatic carbocycles. The summed E-state index contributed by atoms with van der Waals surface area (Å²) in [5.74, 6) is 0. The second-order valence-electron chi connectivity index (χ2n) is 2.54. The summed E-state index contributed by atoms with van der Waals surface area (Å²) in [4.78, 5) is 4.29. The number of nitrogens with zero attached hydrogens (tertiary/aromatic N) is 1. The molecular weight excluding hydrogens is 138 g/mol. The second-order valence-corrected chi connectivity index (χ2v) is 2.54. The van der Waals surface area contributed by atoms with E-state index in [0.29, 0.717) is 0 Å². The maximum absolute atomic E-state index is 5.21. The van der Waals surface area contributed by atoms with Crippen molar-refractivity contribution in [2.24, 2.45) is 4.99 Å². The van der Waals surface area contributed by atoms with Gasteiger partial charge < -0.3 is 4.74 Å². The van der Waals surface area contributed by atoms with Crippen LogP contribution < -0.4 is 10.6 Å². The molecule has 1 atom stereocenters. The van der Waals surface area contributed by atoms with E-state index in [2.05, 4.69) is 4.99 Å². The van der Waals surface area contributed by atoms with Gasteiger partial charge >= 0.3 is 0 Å². The summed E-state index contributed by atoms with van der Waals surface area (Å²) in [6.07, 6.45) is 1.72. The molecule has 2 heteroatoms. The van der Waals surface area contributed by atoms with Crippen LogP contribution in [0.4, 0.5) is 0 Å². The first kappa shape index (κ1) is 6.40. The average molecular weight is 147 g/mol. The third-order valence-electron chi connectivity index (χ3n) is 1.65. The third-order valence-corrected chi connectivity index (χ3v) is 1.65. The number of benzene rings is 1. The number of hydrogen-bond donors (Lipinski definition) is 0. The zero-order chi connectivity index (χ0) is 7.68. The molecule has 0 saturated heterocycles. The molecule has 56 valence electrons. The molecule has 1 heterocycles. The van der Waals surface area contributed by atoms with E-state index in [1.165, 1.54) is 0 Å². The molecule has 0 radical (unpaired) electrons. The van der Waals surface area contributed by atoms with Crippen LogP contribution in [0.3, 0.4) is 0 Å². The lowest BCUT2D eigenvalue weighted by atomic mass is 10.3. The Morgan fingerprint density at radius 1 is 1.36 bits per heavy atom. The van der Waals surface area contributed by atoms with E-state index in [-0.39, 0.29) is 6.23 Å². The summed E-state index contributed by atoms with van der Waals surface area (Å²) in [5, 5.41) is 2.08. The molecule has 11 heavy (non-hydrogen) atoms. The zero-order valence-corrected chi connectivity index (χ0v) is 6.32. The largest absolute Gasteiger partial charge is 0.476 e. The van der Waals surface area contributed by atoms with Crippen LogP contribution in [0, 0.1) is 0 Å². The van der Waals surface area contributed by atoms with Gasteiger partial charge in [-0.25, -0.2) is 4.99 Å². The Kier molecular flexibility index (Phi) is 1.39. The number of rotatable bonds is 0. The van der Waals surface area contributed by atoms with Gasteiger partial charge in [-0.15, -0.1) is 0 Å². The lowest BCUT2D eigenvalue weighted by Gasteiger charge is -2.09. The molecule has 0 spiro atoms. The number of para-hydroxylation sites is 1. The van der Waals surface area contributed by atoms with Crippen molar-refractivity contribution >= 4 is 6.26 Å². The highest BCUT2D eigenvalue weighted by atomic mass is 16.5. The van der Waals surface area contributed by atoms with Gasteiger partial charge in [-0.05, 0) is 19.1 Å². The summed E-state index contributed by atoms with van der Waals surface area (Å²) in [6, 6.07) is 7.94. The zero-order valence-electron chi connectivity index (χ0n) is 6.32. The summed E-state index contributed by atoms with van der Waals surface area (Å²) < 4.78 is 5.21. The summed E-state index contributed by atoms with van der Waals surface area (Å²) in [7, 11) is 0. The number of fused-ring (bicyclic) bond motifs is 1. The molecule has 0 amide bonds. The first-order valence-electron chi connectivity index (χ1n) is 3.65. The Bertz CT molecular complexity index is 369. The Hall–Kier alpha value is -1.31. The van der Waals surface area contributed by atoms with Crippen LogP contribution in [0.25, 0.3) is 6.26 Å². The fourth-order valence-electron chi connectivity index (χ4n) is 1.10. The maximum atomic E-state index is 5.21. The van der Waals surface area contributed by atoms with Crippen molar-refractivity contribution in [2.75, 3.05) is 0 Å². The van der Waals surface area contributed by atoms with Crippen molar-refractivity contribution in [3.05, 3.63) is 34.8 Å². The number of hydrogen-bond acceptors (Lipinski definition) is 2. The highest BCUT2D eigenvalue weighted by Gasteiger charge is 1.99. The molecular formula is C9H9NO. The first-order valence-corrected chi connectivity index (χ1v) is 3.65. The minimum atomic E-state index is -0.0371. The normalized spacial score (nSPS) is 20.6. The average Bonchev–Trinajstić information content (AvgIpc) is 2.04. The van der Waals surface area contributed by atoms with Crippen molar-refractivity contribution in [1.82, 2.24) is 0 Å². The van der Waals surface area contributed by atoms with Crippen LogP contribution in [-0.4, -0.2) is 6.23 Å². The van der Waals surface area contributed by atoms with Gasteiger partial charge in [0, 0.05) is 5.22 Å². The molecule has 0 aliphatic carbocycles. The van der Waals surface area contributed by atoms with Crippen LogP contribution in [0.15, 0.2) is 29.3 Å². The Balaban J connectivity index is 2.73. The topological polar surface area (TPSA) is 21.6 Å². The van der Waals surface area contributed by atoms with Crippen LogP contribution in [0.2, 0.25) is 0 Å². The molecule has 2 nitrogen and oxygen atoms in total. The van der Waals surface area contributed by atoms with Crippen molar-refractivity contribution in [2.45, 2.75) is 13.2 Å². The van der Waals surface area contributed by atoms with Crippen LogP contribution >= 0.6 is 0 Å². The van der Waals surface area contributed by atoms with Gasteiger partial charge in [0.2, 0.25) is 0 Å². The SMILES string of the molecule is CC1N=c2ccccc2=CO1. The van der Waals surface area contributed by atoms with E-state index < -0.39 is 0 Å². The van der Waals surface area contributed by atoms with E-state index in [1.54, 1.807) is 6.26 Å². The third kappa shape index (κ3) is 1.11. The van der Waals surface area contributed by atoms with E-state index >= 15 is 0 Å². The van der Waals surface area contributed by atoms with Gasteiger partial charge in [-0.1, -0.05) is 12.1 Å². The summed E-state index contributed by atoms with van der Waals surface area (Å²) in [6.45, 7) is 1.92. The molecule has 1 aliphatic heterocycles. The van der Waals surface area contributed by atoms with Gasteiger partial charge in [-0.3, -0.25) is 0 Å².